The topological polar surface area (TPSA) is 92.7 Å². The van der Waals surface area contributed by atoms with Crippen LogP contribution in [0.1, 0.15) is 30.4 Å². The lowest BCUT2D eigenvalue weighted by molar-refractivity contribution is -0.136. The molecule has 1 unspecified atom stereocenters. The quantitative estimate of drug-likeness (QED) is 0.787. The zero-order chi connectivity index (χ0) is 16.0. The third-order valence-electron chi connectivity index (χ3n) is 3.55. The summed E-state index contributed by atoms with van der Waals surface area (Å²) < 4.78 is 32.0. The number of nitrogens with one attached hydrogen (secondary N) is 1. The van der Waals surface area contributed by atoms with Crippen molar-refractivity contribution in [2.75, 3.05) is 12.4 Å². The summed E-state index contributed by atoms with van der Waals surface area (Å²) in [5.41, 5.74) is 1.48. The van der Waals surface area contributed by atoms with Gasteiger partial charge in [0.1, 0.15) is 0 Å². The van der Waals surface area contributed by atoms with Gasteiger partial charge in [0.05, 0.1) is 18.3 Å². The highest BCUT2D eigenvalue weighted by Gasteiger charge is 2.21. The number of rotatable bonds is 7. The van der Waals surface area contributed by atoms with Crippen molar-refractivity contribution in [1.82, 2.24) is 4.72 Å². The van der Waals surface area contributed by atoms with E-state index in [9.17, 15) is 13.2 Å². The summed E-state index contributed by atoms with van der Waals surface area (Å²) in [6, 6.07) is 6.86. The van der Waals surface area contributed by atoms with E-state index in [2.05, 4.69) is 4.72 Å². The SMILES string of the molecule is O=C(O)Cc1ccc(CNS(=O)(=O)CC2CCCCO2)cc1. The molecule has 0 amide bonds. The van der Waals surface area contributed by atoms with Gasteiger partial charge in [-0.25, -0.2) is 13.1 Å². The number of aliphatic carboxylic acids is 1. The van der Waals surface area contributed by atoms with Gasteiger partial charge in [0.25, 0.3) is 0 Å². The van der Waals surface area contributed by atoms with Gasteiger partial charge in [-0.2, -0.15) is 0 Å². The normalized spacial score (nSPS) is 19.0. The Kier molecular flexibility index (Phi) is 5.93. The van der Waals surface area contributed by atoms with Crippen LogP contribution in [0.3, 0.4) is 0 Å². The lowest BCUT2D eigenvalue weighted by Gasteiger charge is -2.22. The summed E-state index contributed by atoms with van der Waals surface area (Å²) in [7, 11) is -3.38. The van der Waals surface area contributed by atoms with Crippen molar-refractivity contribution in [2.24, 2.45) is 0 Å². The lowest BCUT2D eigenvalue weighted by Crippen LogP contribution is -2.34. The highest BCUT2D eigenvalue weighted by Crippen LogP contribution is 2.14. The fraction of sp³-hybridized carbons (Fsp3) is 0.533. The van der Waals surface area contributed by atoms with Crippen LogP contribution in [0.15, 0.2) is 24.3 Å². The number of ether oxygens (including phenoxy) is 1. The average molecular weight is 327 g/mol. The molecule has 0 saturated carbocycles. The second kappa shape index (κ2) is 7.71. The third-order valence-corrected chi connectivity index (χ3v) is 4.95. The van der Waals surface area contributed by atoms with Crippen LogP contribution in [0.2, 0.25) is 0 Å². The van der Waals surface area contributed by atoms with Crippen LogP contribution in [0, 0.1) is 0 Å². The molecule has 0 aromatic heterocycles. The van der Waals surface area contributed by atoms with Crippen molar-refractivity contribution in [3.05, 3.63) is 35.4 Å². The van der Waals surface area contributed by atoms with Gasteiger partial charge < -0.3 is 9.84 Å². The number of hydrogen-bond acceptors (Lipinski definition) is 4. The van der Waals surface area contributed by atoms with Crippen molar-refractivity contribution in [1.29, 1.82) is 0 Å². The number of hydrogen-bond donors (Lipinski definition) is 2. The summed E-state index contributed by atoms with van der Waals surface area (Å²) in [4.78, 5) is 10.6. The largest absolute Gasteiger partial charge is 0.481 e. The Hall–Kier alpha value is -1.44. The van der Waals surface area contributed by atoms with Crippen LogP contribution in [0.25, 0.3) is 0 Å². The summed E-state index contributed by atoms with van der Waals surface area (Å²) >= 11 is 0. The summed E-state index contributed by atoms with van der Waals surface area (Å²) in [5.74, 6) is -0.898. The molecule has 1 aromatic carbocycles. The summed E-state index contributed by atoms with van der Waals surface area (Å²) in [6.45, 7) is 0.827. The molecule has 22 heavy (non-hydrogen) atoms. The summed E-state index contributed by atoms with van der Waals surface area (Å²) in [6.07, 6.45) is 2.53. The molecule has 0 radical (unpaired) electrons. The van der Waals surface area contributed by atoms with Gasteiger partial charge in [-0.3, -0.25) is 4.79 Å². The van der Waals surface area contributed by atoms with E-state index in [1.807, 2.05) is 0 Å². The van der Waals surface area contributed by atoms with E-state index in [0.717, 1.165) is 24.8 Å². The van der Waals surface area contributed by atoms with Crippen LogP contribution in [-0.2, 0) is 32.5 Å². The van der Waals surface area contributed by atoms with Gasteiger partial charge in [-0.05, 0) is 30.4 Å². The average Bonchev–Trinajstić information content (AvgIpc) is 2.47. The molecule has 1 fully saturated rings. The van der Waals surface area contributed by atoms with E-state index in [1.54, 1.807) is 24.3 Å². The molecule has 7 heteroatoms. The van der Waals surface area contributed by atoms with Gasteiger partial charge in [-0.15, -0.1) is 0 Å². The molecule has 0 bridgehead atoms. The van der Waals surface area contributed by atoms with Crippen LogP contribution in [0.5, 0.6) is 0 Å². The zero-order valence-electron chi connectivity index (χ0n) is 12.3. The maximum Gasteiger partial charge on any atom is 0.307 e. The minimum Gasteiger partial charge on any atom is -0.481 e. The molecule has 2 N–H and O–H groups in total. The van der Waals surface area contributed by atoms with E-state index in [-0.39, 0.29) is 24.8 Å². The first kappa shape index (κ1) is 16.9. The number of sulfonamides is 1. The lowest BCUT2D eigenvalue weighted by atomic mass is 10.1. The highest BCUT2D eigenvalue weighted by molar-refractivity contribution is 7.89. The third kappa shape index (κ3) is 5.75. The van der Waals surface area contributed by atoms with Crippen molar-refractivity contribution < 1.29 is 23.1 Å². The Bertz CT molecular complexity index is 591. The van der Waals surface area contributed by atoms with Gasteiger partial charge in [0.15, 0.2) is 0 Å². The van der Waals surface area contributed by atoms with Gasteiger partial charge >= 0.3 is 5.97 Å². The minimum atomic E-state index is -3.38. The predicted octanol–water partition coefficient (Wildman–Crippen LogP) is 1.30. The number of carboxylic acids is 1. The van der Waals surface area contributed by atoms with Crippen molar-refractivity contribution >= 4 is 16.0 Å². The fourth-order valence-electron chi connectivity index (χ4n) is 2.39. The molecular weight excluding hydrogens is 306 g/mol. The van der Waals surface area contributed by atoms with E-state index in [4.69, 9.17) is 9.84 Å². The first-order chi connectivity index (χ1) is 10.4. The second-order valence-electron chi connectivity index (χ2n) is 5.48. The first-order valence-corrected chi connectivity index (χ1v) is 8.98. The molecule has 1 aliphatic heterocycles. The number of benzene rings is 1. The minimum absolute atomic E-state index is 0.00982. The second-order valence-corrected chi connectivity index (χ2v) is 7.33. The van der Waals surface area contributed by atoms with Gasteiger partial charge in [0.2, 0.25) is 10.0 Å². The van der Waals surface area contributed by atoms with E-state index >= 15 is 0 Å². The predicted molar refractivity (Wildman–Crippen MR) is 82.0 cm³/mol. The van der Waals surface area contributed by atoms with E-state index < -0.39 is 16.0 Å². The molecule has 1 atom stereocenters. The molecule has 1 aromatic rings. The first-order valence-electron chi connectivity index (χ1n) is 7.33. The molecule has 6 nitrogen and oxygen atoms in total. The van der Waals surface area contributed by atoms with Crippen molar-refractivity contribution in [2.45, 2.75) is 38.3 Å². The van der Waals surface area contributed by atoms with Crippen LogP contribution in [-0.4, -0.2) is 38.0 Å². The molecule has 1 heterocycles. The van der Waals surface area contributed by atoms with Gasteiger partial charge in [-0.1, -0.05) is 24.3 Å². The molecular formula is C15H21NO5S. The van der Waals surface area contributed by atoms with E-state index in [0.29, 0.717) is 12.2 Å². The Labute approximate surface area is 130 Å². The van der Waals surface area contributed by atoms with Crippen LogP contribution >= 0.6 is 0 Å². The standard InChI is InChI=1S/C15H21NO5S/c17-15(18)9-12-4-6-13(7-5-12)10-16-22(19,20)11-14-3-1-2-8-21-14/h4-7,14,16H,1-3,8-11H2,(H,17,18). The smallest absolute Gasteiger partial charge is 0.307 e. The Morgan fingerprint density at radius 3 is 2.50 bits per heavy atom. The van der Waals surface area contributed by atoms with Crippen LogP contribution < -0.4 is 4.72 Å². The molecule has 1 aliphatic rings. The molecule has 0 spiro atoms. The van der Waals surface area contributed by atoms with Crippen LogP contribution in [0.4, 0.5) is 0 Å². The fourth-order valence-corrected chi connectivity index (χ4v) is 3.64. The van der Waals surface area contributed by atoms with Crippen molar-refractivity contribution in [3.8, 4) is 0 Å². The van der Waals surface area contributed by atoms with E-state index in [1.165, 1.54) is 0 Å². The molecule has 2 rings (SSSR count). The zero-order valence-corrected chi connectivity index (χ0v) is 13.1. The van der Waals surface area contributed by atoms with Crippen molar-refractivity contribution in [3.63, 3.8) is 0 Å². The number of carbonyl (C=O) groups is 1. The Balaban J connectivity index is 1.84. The Morgan fingerprint density at radius 2 is 1.91 bits per heavy atom. The Morgan fingerprint density at radius 1 is 1.23 bits per heavy atom. The highest BCUT2D eigenvalue weighted by atomic mass is 32.2. The molecule has 1 saturated heterocycles. The molecule has 0 aliphatic carbocycles. The molecule has 122 valence electrons. The van der Waals surface area contributed by atoms with Gasteiger partial charge in [0, 0.05) is 13.2 Å². The maximum absolute atomic E-state index is 12.0. The monoisotopic (exact) mass is 327 g/mol. The number of carboxylic acid groups (broad SMARTS) is 1. The summed E-state index contributed by atoms with van der Waals surface area (Å²) in [5, 5.41) is 8.70. The maximum atomic E-state index is 12.0.